The number of aliphatic hydroxyl groups is 1. The number of nitrogens with one attached hydrogen (secondary N) is 2. The molecule has 0 saturated heterocycles. The summed E-state index contributed by atoms with van der Waals surface area (Å²) in [5, 5.41) is 8.94. The van der Waals surface area contributed by atoms with E-state index in [1.165, 1.54) is 0 Å². The van der Waals surface area contributed by atoms with Crippen LogP contribution < -0.4 is 20.3 Å². The van der Waals surface area contributed by atoms with E-state index in [4.69, 9.17) is 29.0 Å². The van der Waals surface area contributed by atoms with Gasteiger partial charge in [0.1, 0.15) is 23.2 Å². The highest BCUT2D eigenvalue weighted by Crippen LogP contribution is 2.34. The van der Waals surface area contributed by atoms with E-state index in [0.717, 1.165) is 11.3 Å². The van der Waals surface area contributed by atoms with Crippen LogP contribution in [0.2, 0.25) is 0 Å². The lowest BCUT2D eigenvalue weighted by atomic mass is 9.88. The van der Waals surface area contributed by atoms with Crippen LogP contribution in [-0.4, -0.2) is 67.0 Å². The molecular formula is C30H41N3O7. The van der Waals surface area contributed by atoms with Gasteiger partial charge in [-0.3, -0.25) is 15.0 Å². The van der Waals surface area contributed by atoms with Gasteiger partial charge < -0.3 is 24.1 Å². The molecule has 2 aromatic rings. The number of aliphatic hydroxyl groups excluding tert-OH is 1. The molecule has 2 aromatic carbocycles. The Morgan fingerprint density at radius 3 is 2.55 bits per heavy atom. The molecule has 1 aliphatic rings. The Bertz CT molecular complexity index is 1160. The Hall–Kier alpha value is -3.63. The highest BCUT2D eigenvalue weighted by atomic mass is 16.6. The van der Waals surface area contributed by atoms with Gasteiger partial charge in [-0.15, -0.1) is 0 Å². The van der Waals surface area contributed by atoms with Crippen molar-refractivity contribution < 1.29 is 33.6 Å². The molecule has 2 atom stereocenters. The number of hydrazine groups is 1. The maximum atomic E-state index is 13.6. The van der Waals surface area contributed by atoms with Crippen molar-refractivity contribution >= 4 is 17.8 Å². The van der Waals surface area contributed by atoms with E-state index in [0.29, 0.717) is 43.2 Å². The second kappa shape index (κ2) is 14.1. The van der Waals surface area contributed by atoms with Crippen LogP contribution >= 0.6 is 0 Å². The van der Waals surface area contributed by atoms with Gasteiger partial charge in [0.05, 0.1) is 13.7 Å². The maximum absolute atomic E-state index is 13.6. The number of esters is 1. The minimum absolute atomic E-state index is 0.00336. The highest BCUT2D eigenvalue weighted by Gasteiger charge is 2.50. The van der Waals surface area contributed by atoms with Gasteiger partial charge in [-0.2, -0.15) is 0 Å². The van der Waals surface area contributed by atoms with Gasteiger partial charge in [0.15, 0.2) is 5.54 Å². The third kappa shape index (κ3) is 8.69. The number of nitrogens with zero attached hydrogens (tertiary/aromatic N) is 1. The number of rotatable bonds is 14. The third-order valence-electron chi connectivity index (χ3n) is 6.33. The van der Waals surface area contributed by atoms with Gasteiger partial charge in [-0.25, -0.2) is 10.4 Å². The number of hydrogen-bond acceptors (Lipinski definition) is 9. The molecule has 0 spiro atoms. The van der Waals surface area contributed by atoms with Crippen molar-refractivity contribution in [2.24, 2.45) is 4.99 Å². The van der Waals surface area contributed by atoms with Gasteiger partial charge >= 0.3 is 5.97 Å². The van der Waals surface area contributed by atoms with Crippen LogP contribution in [0.25, 0.3) is 0 Å². The minimum atomic E-state index is -1.34. The number of methoxy groups -OCH3 is 1. The van der Waals surface area contributed by atoms with E-state index in [1.807, 2.05) is 24.3 Å². The van der Waals surface area contributed by atoms with Crippen molar-refractivity contribution in [1.29, 1.82) is 0 Å². The lowest BCUT2D eigenvalue weighted by Gasteiger charge is -2.28. The van der Waals surface area contributed by atoms with Gasteiger partial charge in [-0.1, -0.05) is 12.1 Å². The maximum Gasteiger partial charge on any atom is 0.306 e. The molecule has 1 aliphatic heterocycles. The van der Waals surface area contributed by atoms with Crippen LogP contribution in [0, 0.1) is 0 Å². The summed E-state index contributed by atoms with van der Waals surface area (Å²) >= 11 is 0. The van der Waals surface area contributed by atoms with Crippen molar-refractivity contribution in [3.63, 3.8) is 0 Å². The molecule has 1 heterocycles. The van der Waals surface area contributed by atoms with Gasteiger partial charge in [0.25, 0.3) is 5.91 Å². The summed E-state index contributed by atoms with van der Waals surface area (Å²) in [7, 11) is 1.62. The average molecular weight is 556 g/mol. The summed E-state index contributed by atoms with van der Waals surface area (Å²) in [5.41, 5.74) is 5.53. The summed E-state index contributed by atoms with van der Waals surface area (Å²) in [6.45, 7) is 8.11. The largest absolute Gasteiger partial charge is 0.497 e. The van der Waals surface area contributed by atoms with Crippen molar-refractivity contribution in [3.8, 4) is 11.5 Å². The van der Waals surface area contributed by atoms with Gasteiger partial charge in [-0.05, 0) is 82.5 Å². The van der Waals surface area contributed by atoms with Crippen LogP contribution in [0.1, 0.15) is 58.1 Å². The first-order valence-corrected chi connectivity index (χ1v) is 13.5. The second-order valence-electron chi connectivity index (χ2n) is 10.6. The molecule has 10 heteroatoms. The fraction of sp³-hybridized carbons (Fsp3) is 0.500. The molecule has 10 nitrogen and oxygen atoms in total. The Labute approximate surface area is 236 Å². The molecule has 3 N–H and O–H groups in total. The van der Waals surface area contributed by atoms with E-state index in [1.54, 1.807) is 59.1 Å². The van der Waals surface area contributed by atoms with Crippen molar-refractivity contribution in [3.05, 3.63) is 59.7 Å². The van der Waals surface area contributed by atoms with Gasteiger partial charge in [0.2, 0.25) is 5.90 Å². The number of carbonyl (C=O) groups is 2. The lowest BCUT2D eigenvalue weighted by molar-refractivity contribution is -0.155. The lowest BCUT2D eigenvalue weighted by Crippen LogP contribution is -2.55. The number of amides is 1. The normalized spacial score (nSPS) is 18.4. The molecule has 40 heavy (non-hydrogen) atoms. The zero-order chi connectivity index (χ0) is 29.2. The molecule has 0 aromatic heterocycles. The molecule has 0 unspecified atom stereocenters. The van der Waals surface area contributed by atoms with Crippen LogP contribution in [0.15, 0.2) is 53.5 Å². The Balaban J connectivity index is 1.73. The zero-order valence-electron chi connectivity index (χ0n) is 24.0. The topological polar surface area (TPSA) is 128 Å². The number of carbonyl (C=O) groups excluding carboxylic acids is 2. The quantitative estimate of drug-likeness (QED) is 0.184. The van der Waals surface area contributed by atoms with Crippen LogP contribution in [-0.2, 0) is 25.5 Å². The first-order valence-electron chi connectivity index (χ1n) is 13.5. The van der Waals surface area contributed by atoms with E-state index >= 15 is 0 Å². The smallest absolute Gasteiger partial charge is 0.306 e. The number of aliphatic imine (C=N–C) groups is 1. The summed E-state index contributed by atoms with van der Waals surface area (Å²) in [5.74, 6) is 0.924. The number of benzene rings is 2. The summed E-state index contributed by atoms with van der Waals surface area (Å²) in [6.07, 6.45) is 0.674. The SMILES string of the molecule is COc1cccc(CCNNC(=O)[C@@]2(CCC(=O)OC(C)(C)C)N=C(c3ccc(OCCCO)cc3)O[C@H]2C)c1. The molecule has 0 saturated carbocycles. The molecule has 3 rings (SSSR count). The fourth-order valence-corrected chi connectivity index (χ4v) is 4.22. The number of hydrogen-bond donors (Lipinski definition) is 3. The predicted molar refractivity (Wildman–Crippen MR) is 151 cm³/mol. The Morgan fingerprint density at radius 1 is 1.12 bits per heavy atom. The van der Waals surface area contributed by atoms with Crippen molar-refractivity contribution in [2.75, 3.05) is 26.9 Å². The zero-order valence-corrected chi connectivity index (χ0v) is 24.0. The first-order chi connectivity index (χ1) is 19.1. The van der Waals surface area contributed by atoms with Gasteiger partial charge in [0, 0.05) is 31.6 Å². The average Bonchev–Trinajstić information content (AvgIpc) is 3.26. The van der Waals surface area contributed by atoms with E-state index < -0.39 is 29.1 Å². The Kier molecular flexibility index (Phi) is 10.9. The summed E-state index contributed by atoms with van der Waals surface area (Å²) in [4.78, 5) is 30.9. The second-order valence-corrected chi connectivity index (χ2v) is 10.6. The standard InChI is InChI=1S/C30H41N3O7/c1-21-30(16-14-26(35)40-29(2,3)4,28(36)33-31-17-15-22-8-6-9-25(20-22)37-5)32-27(39-21)23-10-12-24(13-11-23)38-19-7-18-34/h6,8-13,20-21,31,34H,7,14-19H2,1-5H3,(H,33,36)/t21-,30-/m0/s1. The number of ether oxygens (including phenoxy) is 4. The van der Waals surface area contributed by atoms with E-state index in [-0.39, 0.29) is 19.4 Å². The van der Waals surface area contributed by atoms with E-state index in [2.05, 4.69) is 10.9 Å². The van der Waals surface area contributed by atoms with E-state index in [9.17, 15) is 9.59 Å². The Morgan fingerprint density at radius 2 is 1.88 bits per heavy atom. The molecule has 218 valence electrons. The summed E-state index contributed by atoms with van der Waals surface area (Å²) in [6, 6.07) is 14.9. The van der Waals surface area contributed by atoms with Crippen LogP contribution in [0.3, 0.4) is 0 Å². The summed E-state index contributed by atoms with van der Waals surface area (Å²) < 4.78 is 22.4. The third-order valence-corrected chi connectivity index (χ3v) is 6.33. The van der Waals surface area contributed by atoms with Crippen molar-refractivity contribution in [1.82, 2.24) is 10.9 Å². The van der Waals surface area contributed by atoms with Crippen LogP contribution in [0.4, 0.5) is 0 Å². The molecule has 0 fully saturated rings. The predicted octanol–water partition coefficient (Wildman–Crippen LogP) is 3.35. The molecule has 1 amide bonds. The fourth-order valence-electron chi connectivity index (χ4n) is 4.22. The van der Waals surface area contributed by atoms with Crippen LogP contribution in [0.5, 0.6) is 11.5 Å². The molecule has 0 bridgehead atoms. The first kappa shape index (κ1) is 30.9. The monoisotopic (exact) mass is 555 g/mol. The minimum Gasteiger partial charge on any atom is -0.497 e. The molecule has 0 radical (unpaired) electrons. The highest BCUT2D eigenvalue weighted by molar-refractivity contribution is 6.00. The van der Waals surface area contributed by atoms with Crippen molar-refractivity contribution in [2.45, 2.75) is 70.6 Å². The molecular weight excluding hydrogens is 514 g/mol. The molecule has 0 aliphatic carbocycles.